The summed E-state index contributed by atoms with van der Waals surface area (Å²) in [7, 11) is 0. The molecule has 12 heteroatoms. The summed E-state index contributed by atoms with van der Waals surface area (Å²) in [5, 5.41) is 6.10. The summed E-state index contributed by atoms with van der Waals surface area (Å²) in [5.41, 5.74) is 1.07. The second kappa shape index (κ2) is 8.45. The Labute approximate surface area is 191 Å². The number of rotatable bonds is 3. The smallest absolute Gasteiger partial charge is 0.378 e. The van der Waals surface area contributed by atoms with Gasteiger partial charge in [0.15, 0.2) is 0 Å². The van der Waals surface area contributed by atoms with Crippen LogP contribution in [0.3, 0.4) is 0 Å². The highest BCUT2D eigenvalue weighted by Crippen LogP contribution is 2.34. The van der Waals surface area contributed by atoms with Gasteiger partial charge in [-0.05, 0) is 25.1 Å². The number of morpholine rings is 1. The summed E-state index contributed by atoms with van der Waals surface area (Å²) >= 11 is 0. The van der Waals surface area contributed by atoms with E-state index in [1.54, 1.807) is 24.0 Å². The van der Waals surface area contributed by atoms with Gasteiger partial charge >= 0.3 is 12.2 Å². The summed E-state index contributed by atoms with van der Waals surface area (Å²) in [6.07, 6.45) is -3.21. The van der Waals surface area contributed by atoms with Crippen LogP contribution in [0, 0.1) is 6.92 Å². The van der Waals surface area contributed by atoms with Crippen molar-refractivity contribution in [1.82, 2.24) is 24.8 Å². The van der Waals surface area contributed by atoms with Crippen LogP contribution in [0.2, 0.25) is 0 Å². The quantitative estimate of drug-likeness (QED) is 0.408. The van der Waals surface area contributed by atoms with Crippen molar-refractivity contribution in [3.63, 3.8) is 0 Å². The van der Waals surface area contributed by atoms with Crippen LogP contribution in [0.5, 0.6) is 0 Å². The zero-order valence-corrected chi connectivity index (χ0v) is 18.0. The maximum Gasteiger partial charge on any atom is 0.418 e. The Bertz CT molecular complexity index is 1380. The van der Waals surface area contributed by atoms with Crippen LogP contribution in [0.15, 0.2) is 36.5 Å². The van der Waals surface area contributed by atoms with E-state index in [1.165, 1.54) is 18.3 Å². The number of imidazole rings is 1. The number of urea groups is 1. The summed E-state index contributed by atoms with van der Waals surface area (Å²) in [6, 6.07) is 6.90. The van der Waals surface area contributed by atoms with Gasteiger partial charge in [-0.15, -0.1) is 0 Å². The van der Waals surface area contributed by atoms with E-state index in [9.17, 15) is 18.0 Å². The van der Waals surface area contributed by atoms with Gasteiger partial charge in [0.05, 0.1) is 35.5 Å². The minimum absolute atomic E-state index is 0.00903. The predicted molar refractivity (Wildman–Crippen MR) is 120 cm³/mol. The molecule has 0 spiro atoms. The lowest BCUT2D eigenvalue weighted by Crippen LogP contribution is -2.43. The van der Waals surface area contributed by atoms with Crippen LogP contribution in [0.4, 0.5) is 35.3 Å². The highest BCUT2D eigenvalue weighted by Gasteiger charge is 2.33. The molecule has 176 valence electrons. The van der Waals surface area contributed by atoms with E-state index in [-0.39, 0.29) is 22.9 Å². The number of para-hydroxylation sites is 1. The van der Waals surface area contributed by atoms with Gasteiger partial charge in [0.25, 0.3) is 0 Å². The van der Waals surface area contributed by atoms with Gasteiger partial charge in [0, 0.05) is 30.4 Å². The Kier molecular flexibility index (Phi) is 5.44. The number of alkyl halides is 3. The van der Waals surface area contributed by atoms with E-state index < -0.39 is 11.7 Å². The average Bonchev–Trinajstić information content (AvgIpc) is 3.19. The molecule has 9 nitrogen and oxygen atoms in total. The van der Waals surface area contributed by atoms with Crippen LogP contribution in [-0.2, 0) is 10.9 Å². The molecule has 4 aromatic rings. The Morgan fingerprint density at radius 3 is 2.71 bits per heavy atom. The number of H-pyrrole nitrogens is 1. The van der Waals surface area contributed by atoms with Gasteiger partial charge in [-0.2, -0.15) is 13.2 Å². The first-order valence-electron chi connectivity index (χ1n) is 10.5. The molecule has 1 aliphatic heterocycles. The van der Waals surface area contributed by atoms with Crippen LogP contribution in [0.25, 0.3) is 21.9 Å². The maximum absolute atomic E-state index is 13.4. The van der Waals surface area contributed by atoms with Gasteiger partial charge in [-0.1, -0.05) is 12.1 Å². The van der Waals surface area contributed by atoms with E-state index in [1.807, 2.05) is 0 Å². The summed E-state index contributed by atoms with van der Waals surface area (Å²) in [4.78, 5) is 30.2. The van der Waals surface area contributed by atoms with Crippen LogP contribution < -0.4 is 10.6 Å². The molecule has 2 amide bonds. The fraction of sp³-hybridized carbons (Fsp3) is 0.273. The van der Waals surface area contributed by atoms with E-state index in [0.717, 1.165) is 6.07 Å². The van der Waals surface area contributed by atoms with Crippen molar-refractivity contribution in [3.8, 4) is 0 Å². The number of aromatic nitrogens is 4. The zero-order valence-electron chi connectivity index (χ0n) is 18.0. The summed E-state index contributed by atoms with van der Waals surface area (Å²) in [5.74, 6) is 0.635. The Hall–Kier alpha value is -3.93. The molecule has 3 N–H and O–H groups in total. The molecule has 2 aromatic heterocycles. The van der Waals surface area contributed by atoms with Crippen molar-refractivity contribution >= 4 is 45.3 Å². The van der Waals surface area contributed by atoms with Crippen molar-refractivity contribution in [1.29, 1.82) is 0 Å². The predicted octanol–water partition coefficient (Wildman–Crippen LogP) is 4.44. The largest absolute Gasteiger partial charge is 0.418 e. The van der Waals surface area contributed by atoms with Gasteiger partial charge in [0.2, 0.25) is 5.95 Å². The maximum atomic E-state index is 13.4. The zero-order chi connectivity index (χ0) is 23.9. The first kappa shape index (κ1) is 21.9. The fourth-order valence-corrected chi connectivity index (χ4v) is 3.84. The average molecular weight is 471 g/mol. The van der Waals surface area contributed by atoms with Crippen molar-refractivity contribution in [3.05, 3.63) is 47.9 Å². The second-order valence-corrected chi connectivity index (χ2v) is 7.83. The number of benzene rings is 2. The third-order valence-electron chi connectivity index (χ3n) is 5.42. The number of fused-ring (bicyclic) bond motifs is 2. The minimum Gasteiger partial charge on any atom is -0.378 e. The number of ether oxygens (including phenoxy) is 1. The number of hydrogen-bond donors (Lipinski definition) is 3. The molecule has 1 fully saturated rings. The van der Waals surface area contributed by atoms with Crippen molar-refractivity contribution < 1.29 is 22.7 Å². The first-order valence-corrected chi connectivity index (χ1v) is 10.5. The highest BCUT2D eigenvalue weighted by atomic mass is 19.4. The topological polar surface area (TPSA) is 108 Å². The molecule has 0 unspecified atom stereocenters. The van der Waals surface area contributed by atoms with Crippen molar-refractivity contribution in [2.75, 3.05) is 36.9 Å². The van der Waals surface area contributed by atoms with E-state index in [2.05, 4.69) is 30.6 Å². The molecule has 0 bridgehead atoms. The summed E-state index contributed by atoms with van der Waals surface area (Å²) in [6.45, 7) is 3.65. The fourth-order valence-electron chi connectivity index (χ4n) is 3.84. The standard InChI is InChI=1S/C22H20F3N7O2/c1-12-27-16-9-14(10-17(19(16)28-12)30-21(33)32-5-7-34-8-6-32)29-20-26-11-13-3-2-4-15(18(13)31-20)22(23,24)25/h2-4,9-11H,5-8H2,1H3,(H,27,28)(H,30,33)(H,26,29,31). The molecule has 3 heterocycles. The van der Waals surface area contributed by atoms with Crippen LogP contribution >= 0.6 is 0 Å². The van der Waals surface area contributed by atoms with Gasteiger partial charge in [0.1, 0.15) is 11.3 Å². The Morgan fingerprint density at radius 1 is 1.15 bits per heavy atom. The lowest BCUT2D eigenvalue weighted by molar-refractivity contribution is -0.136. The molecule has 0 radical (unpaired) electrons. The molecular weight excluding hydrogens is 451 g/mol. The summed E-state index contributed by atoms with van der Waals surface area (Å²) < 4.78 is 45.6. The molecule has 0 atom stereocenters. The molecule has 0 saturated carbocycles. The molecule has 1 aliphatic rings. The second-order valence-electron chi connectivity index (χ2n) is 7.83. The lowest BCUT2D eigenvalue weighted by atomic mass is 10.1. The lowest BCUT2D eigenvalue weighted by Gasteiger charge is -2.27. The number of hydrogen-bond acceptors (Lipinski definition) is 6. The third-order valence-corrected chi connectivity index (χ3v) is 5.42. The van der Waals surface area contributed by atoms with Crippen LogP contribution in [-0.4, -0.2) is 57.2 Å². The van der Waals surface area contributed by atoms with E-state index in [4.69, 9.17) is 4.74 Å². The molecule has 1 saturated heterocycles. The SMILES string of the molecule is Cc1nc2c(NC(=O)N3CCOCC3)cc(Nc3ncc4cccc(C(F)(F)F)c4n3)cc2[nH]1. The van der Waals surface area contributed by atoms with Crippen molar-refractivity contribution in [2.24, 2.45) is 0 Å². The van der Waals surface area contributed by atoms with Gasteiger partial charge in [-0.25, -0.2) is 19.7 Å². The first-order chi connectivity index (χ1) is 16.3. The van der Waals surface area contributed by atoms with Gasteiger partial charge in [-0.3, -0.25) is 0 Å². The number of nitrogens with one attached hydrogen (secondary N) is 3. The number of aromatic amines is 1. The monoisotopic (exact) mass is 471 g/mol. The number of carbonyl (C=O) groups is 1. The normalized spacial score (nSPS) is 14.5. The van der Waals surface area contributed by atoms with E-state index in [0.29, 0.717) is 54.5 Å². The Balaban J connectivity index is 1.49. The number of amides is 2. The number of aryl methyl sites for hydroxylation is 1. The van der Waals surface area contributed by atoms with Crippen LogP contribution in [0.1, 0.15) is 11.4 Å². The molecular formula is C22H20F3N7O2. The Morgan fingerprint density at radius 2 is 1.94 bits per heavy atom. The number of anilines is 3. The minimum atomic E-state index is -4.55. The van der Waals surface area contributed by atoms with Crippen molar-refractivity contribution in [2.45, 2.75) is 13.1 Å². The number of halogens is 3. The highest BCUT2D eigenvalue weighted by molar-refractivity contribution is 6.01. The molecule has 5 rings (SSSR count). The number of nitrogens with zero attached hydrogens (tertiary/aromatic N) is 4. The molecule has 2 aromatic carbocycles. The number of carbonyl (C=O) groups excluding carboxylic acids is 1. The van der Waals surface area contributed by atoms with Gasteiger partial charge < -0.3 is 25.3 Å². The van der Waals surface area contributed by atoms with E-state index >= 15 is 0 Å². The molecule has 0 aliphatic carbocycles. The molecule has 34 heavy (non-hydrogen) atoms. The third kappa shape index (κ3) is 4.31.